The summed E-state index contributed by atoms with van der Waals surface area (Å²) in [7, 11) is 0. The summed E-state index contributed by atoms with van der Waals surface area (Å²) in [6, 6.07) is 17.5. The first-order valence-electron chi connectivity index (χ1n) is 10.2. The maximum absolute atomic E-state index is 12.4. The standard InChI is InChI=1S/C24H29NO5/c1-24(2,3)30-23(28)25-13-12-20(21(15-25)22(26)27)18-10-7-11-19(14-18)29-16-17-8-5-4-6-9-17/h4-11,14,20-21H,12-13,15-16H2,1-3H3,(H,26,27)/t20-,21?/m1/s1. The van der Waals surface area contributed by atoms with Crippen molar-refractivity contribution in [3.8, 4) is 5.75 Å². The fourth-order valence-corrected chi connectivity index (χ4v) is 3.67. The number of nitrogens with zero attached hydrogens (tertiary/aromatic N) is 1. The minimum atomic E-state index is -0.913. The molecule has 1 aliphatic heterocycles. The van der Waals surface area contributed by atoms with Crippen molar-refractivity contribution in [2.75, 3.05) is 13.1 Å². The van der Waals surface area contributed by atoms with Crippen LogP contribution in [0.25, 0.3) is 0 Å². The minimum absolute atomic E-state index is 0.129. The molecule has 2 aromatic carbocycles. The lowest BCUT2D eigenvalue weighted by molar-refractivity contribution is -0.144. The summed E-state index contributed by atoms with van der Waals surface area (Å²) < 4.78 is 11.3. The average Bonchev–Trinajstić information content (AvgIpc) is 2.71. The number of carbonyl (C=O) groups is 2. The van der Waals surface area contributed by atoms with E-state index in [-0.39, 0.29) is 12.5 Å². The summed E-state index contributed by atoms with van der Waals surface area (Å²) in [5.74, 6) is -1.10. The van der Waals surface area contributed by atoms with Crippen LogP contribution in [-0.4, -0.2) is 40.8 Å². The number of likely N-dealkylation sites (tertiary alicyclic amines) is 1. The van der Waals surface area contributed by atoms with Gasteiger partial charge in [-0.1, -0.05) is 42.5 Å². The van der Waals surface area contributed by atoms with Crippen molar-refractivity contribution in [2.45, 2.75) is 45.3 Å². The van der Waals surface area contributed by atoms with Crippen molar-refractivity contribution in [2.24, 2.45) is 5.92 Å². The Balaban J connectivity index is 1.70. The Morgan fingerprint density at radius 1 is 1.10 bits per heavy atom. The van der Waals surface area contributed by atoms with Crippen LogP contribution in [0.4, 0.5) is 4.79 Å². The molecule has 6 heteroatoms. The van der Waals surface area contributed by atoms with E-state index >= 15 is 0 Å². The van der Waals surface area contributed by atoms with Crippen molar-refractivity contribution in [1.29, 1.82) is 0 Å². The highest BCUT2D eigenvalue weighted by Crippen LogP contribution is 2.35. The molecule has 0 aliphatic carbocycles. The highest BCUT2D eigenvalue weighted by atomic mass is 16.6. The molecule has 160 valence electrons. The van der Waals surface area contributed by atoms with Crippen LogP contribution in [0, 0.1) is 5.92 Å². The van der Waals surface area contributed by atoms with Gasteiger partial charge in [-0.05, 0) is 50.5 Å². The van der Waals surface area contributed by atoms with Gasteiger partial charge in [-0.25, -0.2) is 4.79 Å². The van der Waals surface area contributed by atoms with Crippen LogP contribution in [0.5, 0.6) is 5.75 Å². The van der Waals surface area contributed by atoms with E-state index in [1.54, 1.807) is 20.8 Å². The smallest absolute Gasteiger partial charge is 0.410 e. The first kappa shape index (κ1) is 21.7. The number of hydrogen-bond acceptors (Lipinski definition) is 4. The Morgan fingerprint density at radius 2 is 1.83 bits per heavy atom. The van der Waals surface area contributed by atoms with Crippen LogP contribution in [0.2, 0.25) is 0 Å². The molecule has 0 spiro atoms. The Morgan fingerprint density at radius 3 is 2.50 bits per heavy atom. The van der Waals surface area contributed by atoms with Gasteiger partial charge in [-0.3, -0.25) is 4.79 Å². The fraction of sp³-hybridized carbons (Fsp3) is 0.417. The molecular weight excluding hydrogens is 382 g/mol. The number of piperidine rings is 1. The van der Waals surface area contributed by atoms with Crippen LogP contribution in [0.1, 0.15) is 44.2 Å². The third-order valence-corrected chi connectivity index (χ3v) is 5.12. The monoisotopic (exact) mass is 411 g/mol. The lowest BCUT2D eigenvalue weighted by atomic mass is 9.80. The number of amides is 1. The molecule has 0 bridgehead atoms. The lowest BCUT2D eigenvalue weighted by Gasteiger charge is -2.37. The van der Waals surface area contributed by atoms with Crippen LogP contribution in [-0.2, 0) is 16.1 Å². The molecule has 1 saturated heterocycles. The largest absolute Gasteiger partial charge is 0.489 e. The number of aliphatic carboxylic acids is 1. The maximum atomic E-state index is 12.4. The van der Waals surface area contributed by atoms with E-state index in [2.05, 4.69) is 0 Å². The molecule has 2 atom stereocenters. The predicted octanol–water partition coefficient (Wildman–Crippen LogP) is 4.69. The molecule has 0 saturated carbocycles. The van der Waals surface area contributed by atoms with E-state index in [1.807, 2.05) is 54.6 Å². The molecule has 0 aromatic heterocycles. The molecule has 1 fully saturated rings. The number of carbonyl (C=O) groups excluding carboxylic acids is 1. The van der Waals surface area contributed by atoms with Crippen molar-refractivity contribution < 1.29 is 24.2 Å². The number of benzene rings is 2. The number of carboxylic acids is 1. The van der Waals surface area contributed by atoms with Crippen LogP contribution in [0.3, 0.4) is 0 Å². The Kier molecular flexibility index (Phi) is 6.65. The molecule has 1 N–H and O–H groups in total. The third-order valence-electron chi connectivity index (χ3n) is 5.12. The van der Waals surface area contributed by atoms with Gasteiger partial charge in [-0.2, -0.15) is 0 Å². The summed E-state index contributed by atoms with van der Waals surface area (Å²) >= 11 is 0. The fourth-order valence-electron chi connectivity index (χ4n) is 3.67. The van der Waals surface area contributed by atoms with Gasteiger partial charge >= 0.3 is 12.1 Å². The molecule has 1 unspecified atom stereocenters. The summed E-state index contributed by atoms with van der Waals surface area (Å²) in [5.41, 5.74) is 1.37. The Hall–Kier alpha value is -3.02. The molecule has 6 nitrogen and oxygen atoms in total. The van der Waals surface area contributed by atoms with Crippen molar-refractivity contribution >= 4 is 12.1 Å². The van der Waals surface area contributed by atoms with Gasteiger partial charge in [-0.15, -0.1) is 0 Å². The zero-order valence-electron chi connectivity index (χ0n) is 17.7. The topological polar surface area (TPSA) is 76.1 Å². The quantitative estimate of drug-likeness (QED) is 0.772. The first-order chi connectivity index (χ1) is 14.2. The van der Waals surface area contributed by atoms with E-state index in [1.165, 1.54) is 4.90 Å². The van der Waals surface area contributed by atoms with Gasteiger partial charge in [0.1, 0.15) is 18.0 Å². The Labute approximate surface area is 177 Å². The number of hydrogen-bond donors (Lipinski definition) is 1. The van der Waals surface area contributed by atoms with Crippen molar-refractivity contribution in [3.05, 3.63) is 65.7 Å². The molecule has 1 amide bonds. The van der Waals surface area contributed by atoms with E-state index in [4.69, 9.17) is 9.47 Å². The van der Waals surface area contributed by atoms with Crippen molar-refractivity contribution in [1.82, 2.24) is 4.90 Å². The molecule has 1 heterocycles. The van der Waals surface area contributed by atoms with Crippen molar-refractivity contribution in [3.63, 3.8) is 0 Å². The summed E-state index contributed by atoms with van der Waals surface area (Å²) in [6.45, 7) is 6.43. The highest BCUT2D eigenvalue weighted by Gasteiger charge is 2.38. The van der Waals surface area contributed by atoms with Crippen LogP contribution < -0.4 is 4.74 Å². The summed E-state index contributed by atoms with van der Waals surface area (Å²) in [5, 5.41) is 9.81. The molecule has 1 aliphatic rings. The zero-order chi connectivity index (χ0) is 21.7. The minimum Gasteiger partial charge on any atom is -0.489 e. The summed E-state index contributed by atoms with van der Waals surface area (Å²) in [6.07, 6.45) is 0.0883. The second-order valence-electron chi connectivity index (χ2n) is 8.61. The molecule has 0 radical (unpaired) electrons. The molecular formula is C24H29NO5. The Bertz CT molecular complexity index is 875. The van der Waals surface area contributed by atoms with Crippen LogP contribution in [0.15, 0.2) is 54.6 Å². The summed E-state index contributed by atoms with van der Waals surface area (Å²) in [4.78, 5) is 25.9. The SMILES string of the molecule is CC(C)(C)OC(=O)N1CC[C@H](c2cccc(OCc3ccccc3)c2)C(C(=O)O)C1. The lowest BCUT2D eigenvalue weighted by Crippen LogP contribution is -2.47. The van der Waals surface area contributed by atoms with E-state index in [9.17, 15) is 14.7 Å². The second kappa shape index (κ2) is 9.20. The average molecular weight is 411 g/mol. The molecule has 2 aromatic rings. The third kappa shape index (κ3) is 5.75. The normalized spacial score (nSPS) is 19.2. The number of rotatable bonds is 5. The van der Waals surface area contributed by atoms with Gasteiger partial charge in [0.2, 0.25) is 0 Å². The van der Waals surface area contributed by atoms with Crippen LogP contribution >= 0.6 is 0 Å². The van der Waals surface area contributed by atoms with E-state index < -0.39 is 23.6 Å². The maximum Gasteiger partial charge on any atom is 0.410 e. The predicted molar refractivity (Wildman–Crippen MR) is 114 cm³/mol. The van der Waals surface area contributed by atoms with Gasteiger partial charge in [0.25, 0.3) is 0 Å². The number of ether oxygens (including phenoxy) is 2. The molecule has 3 rings (SSSR count). The van der Waals surface area contributed by atoms with Gasteiger partial charge < -0.3 is 19.5 Å². The van der Waals surface area contributed by atoms with Gasteiger partial charge in [0.05, 0.1) is 5.92 Å². The molecule has 30 heavy (non-hydrogen) atoms. The first-order valence-corrected chi connectivity index (χ1v) is 10.2. The van der Waals surface area contributed by atoms with Gasteiger partial charge in [0.15, 0.2) is 0 Å². The zero-order valence-corrected chi connectivity index (χ0v) is 17.7. The van der Waals surface area contributed by atoms with Gasteiger partial charge in [0, 0.05) is 19.0 Å². The van der Waals surface area contributed by atoms with E-state index in [0.717, 1.165) is 11.1 Å². The second-order valence-corrected chi connectivity index (χ2v) is 8.61. The number of carboxylic acid groups (broad SMARTS) is 1. The van der Waals surface area contributed by atoms with E-state index in [0.29, 0.717) is 25.3 Å². The highest BCUT2D eigenvalue weighted by molar-refractivity contribution is 5.74.